The van der Waals surface area contributed by atoms with Gasteiger partial charge in [-0.3, -0.25) is 9.48 Å². The molecule has 22 heavy (non-hydrogen) atoms. The highest BCUT2D eigenvalue weighted by Crippen LogP contribution is 2.30. The van der Waals surface area contributed by atoms with Crippen molar-refractivity contribution in [3.63, 3.8) is 0 Å². The zero-order chi connectivity index (χ0) is 15.5. The largest absolute Gasteiger partial charge is 0.496 e. The summed E-state index contributed by atoms with van der Waals surface area (Å²) in [5.74, 6) is 1.13. The fourth-order valence-corrected chi connectivity index (χ4v) is 2.52. The molecule has 1 saturated heterocycles. The topological polar surface area (TPSA) is 68.2 Å². The molecule has 0 saturated carbocycles. The third kappa shape index (κ3) is 2.82. The van der Waals surface area contributed by atoms with Gasteiger partial charge in [-0.25, -0.2) is 0 Å². The number of hydrogen-bond donors (Lipinski definition) is 2. The molecule has 1 amide bonds. The summed E-state index contributed by atoms with van der Waals surface area (Å²) in [6.45, 7) is 2.62. The SMILES string of the molecule is COc1ccccc1-c1nn(C)cc1C(=O)NCC1CNC1. The number of nitrogens with one attached hydrogen (secondary N) is 2. The molecule has 2 aromatic rings. The Morgan fingerprint density at radius 1 is 1.45 bits per heavy atom. The lowest BCUT2D eigenvalue weighted by atomic mass is 10.0. The zero-order valence-corrected chi connectivity index (χ0v) is 12.8. The van der Waals surface area contributed by atoms with Crippen molar-refractivity contribution >= 4 is 5.91 Å². The molecule has 1 aliphatic rings. The van der Waals surface area contributed by atoms with E-state index in [1.165, 1.54) is 0 Å². The molecule has 0 unspecified atom stereocenters. The summed E-state index contributed by atoms with van der Waals surface area (Å²) in [6, 6.07) is 7.59. The van der Waals surface area contributed by atoms with Crippen molar-refractivity contribution < 1.29 is 9.53 Å². The molecule has 0 bridgehead atoms. The van der Waals surface area contributed by atoms with E-state index in [-0.39, 0.29) is 5.91 Å². The maximum Gasteiger partial charge on any atom is 0.255 e. The van der Waals surface area contributed by atoms with Gasteiger partial charge in [0.2, 0.25) is 0 Å². The van der Waals surface area contributed by atoms with Crippen LogP contribution < -0.4 is 15.4 Å². The number of para-hydroxylation sites is 1. The average molecular weight is 300 g/mol. The molecule has 3 rings (SSSR count). The van der Waals surface area contributed by atoms with Crippen LogP contribution in [0.2, 0.25) is 0 Å². The van der Waals surface area contributed by atoms with Gasteiger partial charge in [0.25, 0.3) is 5.91 Å². The van der Waals surface area contributed by atoms with E-state index in [0.717, 1.165) is 18.7 Å². The predicted molar refractivity (Wildman–Crippen MR) is 83.9 cm³/mol. The molecule has 0 spiro atoms. The molecule has 1 aromatic carbocycles. The number of methoxy groups -OCH3 is 1. The van der Waals surface area contributed by atoms with Crippen LogP contribution in [0, 0.1) is 5.92 Å². The molecule has 0 radical (unpaired) electrons. The number of ether oxygens (including phenoxy) is 1. The van der Waals surface area contributed by atoms with Crippen molar-refractivity contribution in [3.8, 4) is 17.0 Å². The molecule has 6 nitrogen and oxygen atoms in total. The number of aryl methyl sites for hydroxylation is 1. The first-order valence-corrected chi connectivity index (χ1v) is 7.35. The monoisotopic (exact) mass is 300 g/mol. The third-order valence-electron chi connectivity index (χ3n) is 3.85. The highest BCUT2D eigenvalue weighted by atomic mass is 16.5. The molecule has 2 heterocycles. The van der Waals surface area contributed by atoms with E-state index >= 15 is 0 Å². The Hall–Kier alpha value is -2.34. The minimum atomic E-state index is -0.0964. The molecule has 6 heteroatoms. The van der Waals surface area contributed by atoms with Crippen LogP contribution in [-0.4, -0.2) is 42.4 Å². The van der Waals surface area contributed by atoms with Gasteiger partial charge in [0, 0.05) is 44.4 Å². The van der Waals surface area contributed by atoms with Gasteiger partial charge in [-0.2, -0.15) is 5.10 Å². The lowest BCUT2D eigenvalue weighted by molar-refractivity contribution is 0.0943. The van der Waals surface area contributed by atoms with Gasteiger partial charge in [-0.15, -0.1) is 0 Å². The van der Waals surface area contributed by atoms with E-state index in [9.17, 15) is 4.79 Å². The second-order valence-corrected chi connectivity index (χ2v) is 5.50. The van der Waals surface area contributed by atoms with Crippen LogP contribution in [-0.2, 0) is 7.05 Å². The number of carbonyl (C=O) groups excluding carboxylic acids is 1. The minimum absolute atomic E-state index is 0.0964. The molecule has 116 valence electrons. The molecule has 0 atom stereocenters. The fraction of sp³-hybridized carbons (Fsp3) is 0.375. The van der Waals surface area contributed by atoms with Crippen LogP contribution in [0.4, 0.5) is 0 Å². The van der Waals surface area contributed by atoms with Gasteiger partial charge < -0.3 is 15.4 Å². The first-order valence-electron chi connectivity index (χ1n) is 7.35. The summed E-state index contributed by atoms with van der Waals surface area (Å²) in [5, 5.41) is 10.6. The lowest BCUT2D eigenvalue weighted by Crippen LogP contribution is -2.48. The number of aromatic nitrogens is 2. The molecular formula is C16H20N4O2. The Kier molecular flexibility index (Phi) is 4.11. The average Bonchev–Trinajstić information content (AvgIpc) is 2.87. The first kappa shape index (κ1) is 14.6. The minimum Gasteiger partial charge on any atom is -0.496 e. The molecular weight excluding hydrogens is 280 g/mol. The van der Waals surface area contributed by atoms with Gasteiger partial charge in [0.15, 0.2) is 0 Å². The first-order chi connectivity index (χ1) is 10.7. The van der Waals surface area contributed by atoms with Crippen LogP contribution in [0.5, 0.6) is 5.75 Å². The number of carbonyl (C=O) groups is 1. The summed E-state index contributed by atoms with van der Waals surface area (Å²) >= 11 is 0. The van der Waals surface area contributed by atoms with E-state index < -0.39 is 0 Å². The maximum absolute atomic E-state index is 12.5. The normalized spacial score (nSPS) is 14.5. The molecule has 1 aromatic heterocycles. The molecule has 1 fully saturated rings. The number of benzene rings is 1. The summed E-state index contributed by atoms with van der Waals surface area (Å²) in [5.41, 5.74) is 2.03. The second-order valence-electron chi connectivity index (χ2n) is 5.50. The Morgan fingerprint density at radius 3 is 2.91 bits per heavy atom. The summed E-state index contributed by atoms with van der Waals surface area (Å²) in [4.78, 5) is 12.5. The van der Waals surface area contributed by atoms with Gasteiger partial charge in [-0.1, -0.05) is 12.1 Å². The van der Waals surface area contributed by atoms with Gasteiger partial charge in [-0.05, 0) is 12.1 Å². The number of rotatable bonds is 5. The third-order valence-corrected chi connectivity index (χ3v) is 3.85. The van der Waals surface area contributed by atoms with E-state index in [0.29, 0.717) is 29.5 Å². The highest BCUT2D eigenvalue weighted by Gasteiger charge is 2.22. The van der Waals surface area contributed by atoms with Crippen molar-refractivity contribution in [1.29, 1.82) is 0 Å². The van der Waals surface area contributed by atoms with Crippen LogP contribution >= 0.6 is 0 Å². The van der Waals surface area contributed by atoms with Crippen molar-refractivity contribution in [2.45, 2.75) is 0 Å². The number of amides is 1. The molecule has 1 aliphatic heterocycles. The fourth-order valence-electron chi connectivity index (χ4n) is 2.52. The zero-order valence-electron chi connectivity index (χ0n) is 12.8. The number of hydrogen-bond acceptors (Lipinski definition) is 4. The molecule has 0 aliphatic carbocycles. The van der Waals surface area contributed by atoms with E-state index in [2.05, 4.69) is 15.7 Å². The van der Waals surface area contributed by atoms with Crippen molar-refractivity contribution in [2.75, 3.05) is 26.7 Å². The second kappa shape index (κ2) is 6.19. The van der Waals surface area contributed by atoms with Gasteiger partial charge in [0.1, 0.15) is 11.4 Å². The molecule has 2 N–H and O–H groups in total. The highest BCUT2D eigenvalue weighted by molar-refractivity contribution is 6.00. The van der Waals surface area contributed by atoms with Crippen LogP contribution in [0.15, 0.2) is 30.5 Å². The van der Waals surface area contributed by atoms with Crippen molar-refractivity contribution in [2.24, 2.45) is 13.0 Å². The quantitative estimate of drug-likeness (QED) is 0.866. The van der Waals surface area contributed by atoms with Crippen LogP contribution in [0.1, 0.15) is 10.4 Å². The summed E-state index contributed by atoms with van der Waals surface area (Å²) in [7, 11) is 3.43. The Labute approximate surface area is 129 Å². The van der Waals surface area contributed by atoms with E-state index in [1.807, 2.05) is 31.3 Å². The number of nitrogens with zero attached hydrogens (tertiary/aromatic N) is 2. The Morgan fingerprint density at radius 2 is 2.23 bits per heavy atom. The standard InChI is InChI=1S/C16H20N4O2/c1-20-10-13(16(21)18-9-11-7-17-8-11)15(19-20)12-5-3-4-6-14(12)22-2/h3-6,10-11,17H,7-9H2,1-2H3,(H,18,21). The predicted octanol–water partition coefficient (Wildman–Crippen LogP) is 1.04. The maximum atomic E-state index is 12.5. The van der Waals surface area contributed by atoms with E-state index in [4.69, 9.17) is 4.74 Å². The van der Waals surface area contributed by atoms with Crippen molar-refractivity contribution in [1.82, 2.24) is 20.4 Å². The smallest absolute Gasteiger partial charge is 0.255 e. The Balaban J connectivity index is 1.87. The lowest BCUT2D eigenvalue weighted by Gasteiger charge is -2.27. The van der Waals surface area contributed by atoms with Gasteiger partial charge in [0.05, 0.1) is 12.7 Å². The van der Waals surface area contributed by atoms with Crippen molar-refractivity contribution in [3.05, 3.63) is 36.0 Å². The Bertz CT molecular complexity index is 677. The van der Waals surface area contributed by atoms with E-state index in [1.54, 1.807) is 18.0 Å². The van der Waals surface area contributed by atoms with Gasteiger partial charge >= 0.3 is 0 Å². The van der Waals surface area contributed by atoms with Crippen LogP contribution in [0.3, 0.4) is 0 Å². The summed E-state index contributed by atoms with van der Waals surface area (Å²) < 4.78 is 7.03. The van der Waals surface area contributed by atoms with Crippen LogP contribution in [0.25, 0.3) is 11.3 Å². The summed E-state index contributed by atoms with van der Waals surface area (Å²) in [6.07, 6.45) is 1.75.